The highest BCUT2D eigenvalue weighted by Crippen LogP contribution is 2.32. The van der Waals surface area contributed by atoms with Crippen molar-refractivity contribution in [3.63, 3.8) is 0 Å². The van der Waals surface area contributed by atoms with E-state index in [1.165, 1.54) is 24.1 Å². The van der Waals surface area contributed by atoms with Gasteiger partial charge in [0.05, 0.1) is 17.7 Å². The number of hydrogen-bond donors (Lipinski definition) is 1. The predicted octanol–water partition coefficient (Wildman–Crippen LogP) is 4.78. The van der Waals surface area contributed by atoms with E-state index >= 15 is 0 Å². The number of aryl methyl sites for hydroxylation is 1. The molecule has 1 atom stereocenters. The van der Waals surface area contributed by atoms with Crippen molar-refractivity contribution in [2.24, 2.45) is 5.92 Å². The third-order valence-electron chi connectivity index (χ3n) is 6.47. The zero-order valence-electron chi connectivity index (χ0n) is 23.8. The summed E-state index contributed by atoms with van der Waals surface area (Å²) in [5.41, 5.74) is 2.10. The summed E-state index contributed by atoms with van der Waals surface area (Å²) in [6.07, 6.45) is 0.363. The molecule has 0 heterocycles. The van der Waals surface area contributed by atoms with Gasteiger partial charge in [-0.3, -0.25) is 13.9 Å². The van der Waals surface area contributed by atoms with Crippen LogP contribution in [0.2, 0.25) is 0 Å². The standard InChI is InChI=1S/C31H39N3O5S/c1-6-27(31(36)32-20-23(2)3)33(21-25-14-12-13-24(4)19-25)30(35)22-34(28-17-10-11-18-29(28)39-5)40(37,38)26-15-8-7-9-16-26/h7-19,23,27H,6,20-22H2,1-5H3,(H,32,36)/t27-/m1/s1. The van der Waals surface area contributed by atoms with Crippen molar-refractivity contribution in [1.82, 2.24) is 10.2 Å². The summed E-state index contributed by atoms with van der Waals surface area (Å²) in [7, 11) is -2.72. The molecule has 8 nitrogen and oxygen atoms in total. The summed E-state index contributed by atoms with van der Waals surface area (Å²) in [5, 5.41) is 2.94. The fraction of sp³-hybridized carbons (Fsp3) is 0.355. The number of methoxy groups -OCH3 is 1. The van der Waals surface area contributed by atoms with Crippen LogP contribution in [0.15, 0.2) is 83.8 Å². The van der Waals surface area contributed by atoms with E-state index in [4.69, 9.17) is 4.74 Å². The van der Waals surface area contributed by atoms with Gasteiger partial charge in [0, 0.05) is 13.1 Å². The highest BCUT2D eigenvalue weighted by molar-refractivity contribution is 7.92. The Morgan fingerprint density at radius 2 is 1.62 bits per heavy atom. The first-order valence-corrected chi connectivity index (χ1v) is 14.9. The molecule has 1 N–H and O–H groups in total. The van der Waals surface area contributed by atoms with Gasteiger partial charge in [0.15, 0.2) is 0 Å². The Hall–Kier alpha value is -3.85. The van der Waals surface area contributed by atoms with E-state index in [2.05, 4.69) is 5.32 Å². The van der Waals surface area contributed by atoms with Gasteiger partial charge in [-0.05, 0) is 49.1 Å². The van der Waals surface area contributed by atoms with Gasteiger partial charge >= 0.3 is 0 Å². The van der Waals surface area contributed by atoms with Crippen molar-refractivity contribution in [3.8, 4) is 5.75 Å². The van der Waals surface area contributed by atoms with Crippen LogP contribution in [0.1, 0.15) is 38.3 Å². The van der Waals surface area contributed by atoms with E-state index in [9.17, 15) is 18.0 Å². The molecule has 0 radical (unpaired) electrons. The first-order chi connectivity index (χ1) is 19.1. The van der Waals surface area contributed by atoms with Crippen LogP contribution in [0.3, 0.4) is 0 Å². The van der Waals surface area contributed by atoms with Crippen LogP contribution in [0, 0.1) is 12.8 Å². The van der Waals surface area contributed by atoms with E-state index in [1.54, 1.807) is 42.5 Å². The average molecular weight is 566 g/mol. The number of anilines is 1. The molecule has 0 unspecified atom stereocenters. The van der Waals surface area contributed by atoms with Gasteiger partial charge in [-0.1, -0.05) is 80.9 Å². The lowest BCUT2D eigenvalue weighted by molar-refractivity contribution is -0.140. The number of hydrogen-bond acceptors (Lipinski definition) is 5. The van der Waals surface area contributed by atoms with E-state index < -0.39 is 28.5 Å². The van der Waals surface area contributed by atoms with E-state index in [-0.39, 0.29) is 29.0 Å². The molecule has 3 rings (SSSR count). The molecule has 0 aromatic heterocycles. The van der Waals surface area contributed by atoms with E-state index in [0.29, 0.717) is 18.7 Å². The second-order valence-electron chi connectivity index (χ2n) is 10.1. The molecule has 0 saturated carbocycles. The maximum absolute atomic E-state index is 14.1. The van der Waals surface area contributed by atoms with Gasteiger partial charge in [-0.15, -0.1) is 0 Å². The van der Waals surface area contributed by atoms with Gasteiger partial charge in [-0.2, -0.15) is 0 Å². The normalized spacial score (nSPS) is 12.1. The van der Waals surface area contributed by atoms with Gasteiger partial charge < -0.3 is 15.0 Å². The number of rotatable bonds is 13. The van der Waals surface area contributed by atoms with Crippen LogP contribution in [-0.4, -0.2) is 51.4 Å². The first-order valence-electron chi connectivity index (χ1n) is 13.4. The SMILES string of the molecule is CC[C@H](C(=O)NCC(C)C)N(Cc1cccc(C)c1)C(=O)CN(c1ccccc1OC)S(=O)(=O)c1ccccc1. The van der Waals surface area contributed by atoms with Crippen LogP contribution in [-0.2, 0) is 26.2 Å². The maximum Gasteiger partial charge on any atom is 0.264 e. The van der Waals surface area contributed by atoms with Crippen molar-refractivity contribution in [2.75, 3.05) is 24.5 Å². The molecule has 0 aliphatic heterocycles. The largest absolute Gasteiger partial charge is 0.495 e. The Bertz CT molecular complexity index is 1390. The van der Waals surface area contributed by atoms with Crippen LogP contribution in [0.5, 0.6) is 5.75 Å². The van der Waals surface area contributed by atoms with Gasteiger partial charge in [0.2, 0.25) is 11.8 Å². The Morgan fingerprint density at radius 1 is 0.950 bits per heavy atom. The predicted molar refractivity (Wildman–Crippen MR) is 158 cm³/mol. The van der Waals surface area contributed by atoms with Crippen molar-refractivity contribution in [2.45, 2.75) is 51.6 Å². The first kappa shape index (κ1) is 30.7. The average Bonchev–Trinajstić information content (AvgIpc) is 2.95. The molecular formula is C31H39N3O5S. The number of sulfonamides is 1. The molecule has 0 aliphatic carbocycles. The zero-order valence-corrected chi connectivity index (χ0v) is 24.6. The smallest absolute Gasteiger partial charge is 0.264 e. The second kappa shape index (κ2) is 14.0. The Balaban J connectivity index is 2.07. The lowest BCUT2D eigenvalue weighted by atomic mass is 10.1. The van der Waals surface area contributed by atoms with Crippen LogP contribution in [0.25, 0.3) is 0 Å². The van der Waals surface area contributed by atoms with Gasteiger partial charge in [0.1, 0.15) is 18.3 Å². The van der Waals surface area contributed by atoms with Crippen molar-refractivity contribution < 1.29 is 22.7 Å². The Morgan fingerprint density at radius 3 is 2.25 bits per heavy atom. The highest BCUT2D eigenvalue weighted by atomic mass is 32.2. The topological polar surface area (TPSA) is 96.0 Å². The number of amides is 2. The molecule has 3 aromatic rings. The number of nitrogens with one attached hydrogen (secondary N) is 1. The number of carbonyl (C=O) groups excluding carboxylic acids is 2. The number of para-hydroxylation sites is 2. The van der Waals surface area contributed by atoms with E-state index in [0.717, 1.165) is 15.4 Å². The summed E-state index contributed by atoms with van der Waals surface area (Å²) in [6.45, 7) is 7.90. The minimum absolute atomic E-state index is 0.0423. The van der Waals surface area contributed by atoms with Gasteiger partial charge in [-0.25, -0.2) is 8.42 Å². The summed E-state index contributed by atoms with van der Waals surface area (Å²) in [5.74, 6) is -0.230. The number of carbonyl (C=O) groups is 2. The van der Waals surface area contributed by atoms with Crippen molar-refractivity contribution >= 4 is 27.5 Å². The van der Waals surface area contributed by atoms with E-state index in [1.807, 2.05) is 52.0 Å². The van der Waals surface area contributed by atoms with Crippen molar-refractivity contribution in [3.05, 3.63) is 90.0 Å². The highest BCUT2D eigenvalue weighted by Gasteiger charge is 2.34. The molecule has 0 saturated heterocycles. The summed E-state index contributed by atoms with van der Waals surface area (Å²) >= 11 is 0. The third kappa shape index (κ3) is 7.63. The molecule has 40 heavy (non-hydrogen) atoms. The summed E-state index contributed by atoms with van der Waals surface area (Å²) in [6, 6.07) is 21.5. The minimum Gasteiger partial charge on any atom is -0.495 e. The quantitative estimate of drug-likeness (QED) is 0.322. The Kier molecular flexibility index (Phi) is 10.7. The summed E-state index contributed by atoms with van der Waals surface area (Å²) < 4.78 is 34.4. The molecule has 9 heteroatoms. The molecule has 3 aromatic carbocycles. The Labute approximate surface area is 238 Å². The molecule has 0 fully saturated rings. The summed E-state index contributed by atoms with van der Waals surface area (Å²) in [4.78, 5) is 29.0. The van der Waals surface area contributed by atoms with Crippen LogP contribution in [0.4, 0.5) is 5.69 Å². The molecule has 0 aliphatic rings. The van der Waals surface area contributed by atoms with Crippen LogP contribution >= 0.6 is 0 Å². The van der Waals surface area contributed by atoms with Gasteiger partial charge in [0.25, 0.3) is 10.0 Å². The maximum atomic E-state index is 14.1. The molecular weight excluding hydrogens is 526 g/mol. The van der Waals surface area contributed by atoms with Crippen molar-refractivity contribution in [1.29, 1.82) is 0 Å². The minimum atomic E-state index is -4.16. The zero-order chi connectivity index (χ0) is 29.3. The fourth-order valence-electron chi connectivity index (χ4n) is 4.42. The molecule has 0 spiro atoms. The molecule has 0 bridgehead atoms. The molecule has 2 amide bonds. The number of nitrogens with zero attached hydrogens (tertiary/aromatic N) is 2. The van der Waals surface area contributed by atoms with Crippen LogP contribution < -0.4 is 14.4 Å². The second-order valence-corrected chi connectivity index (χ2v) is 11.9. The lowest BCUT2D eigenvalue weighted by Gasteiger charge is -2.33. The lowest BCUT2D eigenvalue weighted by Crippen LogP contribution is -2.52. The fourth-order valence-corrected chi connectivity index (χ4v) is 5.86. The monoisotopic (exact) mass is 565 g/mol. The number of ether oxygens (including phenoxy) is 1. The number of benzene rings is 3. The molecule has 214 valence electrons. The third-order valence-corrected chi connectivity index (χ3v) is 8.24.